The summed E-state index contributed by atoms with van der Waals surface area (Å²) in [5.74, 6) is 1.18. The number of amides is 2. The van der Waals surface area contributed by atoms with Gasteiger partial charge in [0.15, 0.2) is 0 Å². The molecule has 1 saturated heterocycles. The molecule has 4 heterocycles. The van der Waals surface area contributed by atoms with Gasteiger partial charge in [0.05, 0.1) is 41.9 Å². The number of piperazine rings is 1. The standard InChI is InChI=1S/C39H40N6O4/c1-42-15-17-43(18-16-42)31-10-12-35-36(25-31)41-37(40-35)28-5-4-6-30(23-28)44-14-13-27-24-32(11-9-29(27)26-44)49-22-21-48-20-19-45-38(46)33-7-2-3-8-34(33)39(45)47/h2-12,23-25H,13-22,26H2,1H3,(H,40,41). The summed E-state index contributed by atoms with van der Waals surface area (Å²) >= 11 is 0. The third-order valence-corrected chi connectivity index (χ3v) is 9.84. The molecule has 1 N–H and O–H groups in total. The minimum absolute atomic E-state index is 0.223. The van der Waals surface area contributed by atoms with Crippen molar-refractivity contribution in [2.24, 2.45) is 0 Å². The molecule has 2 amide bonds. The van der Waals surface area contributed by atoms with E-state index in [1.165, 1.54) is 27.4 Å². The fraction of sp³-hybridized carbons (Fsp3) is 0.308. The van der Waals surface area contributed by atoms with Crippen LogP contribution in [0.4, 0.5) is 11.4 Å². The number of imide groups is 1. The van der Waals surface area contributed by atoms with Crippen LogP contribution in [-0.2, 0) is 17.7 Å². The predicted molar refractivity (Wildman–Crippen MR) is 191 cm³/mol. The van der Waals surface area contributed by atoms with Gasteiger partial charge in [-0.15, -0.1) is 0 Å². The van der Waals surface area contributed by atoms with Crippen molar-refractivity contribution in [1.29, 1.82) is 0 Å². The van der Waals surface area contributed by atoms with E-state index < -0.39 is 0 Å². The van der Waals surface area contributed by atoms with Gasteiger partial charge in [0.25, 0.3) is 11.8 Å². The van der Waals surface area contributed by atoms with Crippen LogP contribution in [0.3, 0.4) is 0 Å². The second-order valence-corrected chi connectivity index (χ2v) is 13.0. The fourth-order valence-corrected chi connectivity index (χ4v) is 7.00. The fourth-order valence-electron chi connectivity index (χ4n) is 7.00. The number of nitrogens with zero attached hydrogens (tertiary/aromatic N) is 5. The van der Waals surface area contributed by atoms with Crippen LogP contribution in [0, 0.1) is 0 Å². The first-order chi connectivity index (χ1) is 24.0. The molecule has 5 aromatic rings. The molecule has 3 aliphatic heterocycles. The lowest BCUT2D eigenvalue weighted by molar-refractivity contribution is 0.0528. The number of imidazole rings is 1. The Morgan fingerprint density at radius 3 is 2.35 bits per heavy atom. The Bertz CT molecular complexity index is 1980. The van der Waals surface area contributed by atoms with Gasteiger partial charge in [0.2, 0.25) is 0 Å². The number of aromatic nitrogens is 2. The number of likely N-dealkylation sites (N-methyl/N-ethyl adjacent to an activating group) is 1. The third-order valence-electron chi connectivity index (χ3n) is 9.84. The molecule has 0 unspecified atom stereocenters. The first-order valence-electron chi connectivity index (χ1n) is 17.1. The average Bonchev–Trinajstić information content (AvgIpc) is 3.68. The molecular formula is C39H40N6O4. The first kappa shape index (κ1) is 31.1. The molecule has 1 aromatic heterocycles. The smallest absolute Gasteiger partial charge is 0.261 e. The number of hydrogen-bond acceptors (Lipinski definition) is 8. The van der Waals surface area contributed by atoms with E-state index in [0.717, 1.165) is 73.9 Å². The normalized spacial score (nSPS) is 16.4. The van der Waals surface area contributed by atoms with Gasteiger partial charge < -0.3 is 29.2 Å². The Balaban J connectivity index is 0.840. The molecule has 10 nitrogen and oxygen atoms in total. The van der Waals surface area contributed by atoms with Crippen molar-refractivity contribution in [3.8, 4) is 17.1 Å². The summed E-state index contributed by atoms with van der Waals surface area (Å²) in [5, 5.41) is 0. The summed E-state index contributed by atoms with van der Waals surface area (Å²) in [6.45, 7) is 7.23. The number of ether oxygens (including phenoxy) is 2. The number of carbonyl (C=O) groups excluding carboxylic acids is 2. The van der Waals surface area contributed by atoms with Crippen molar-refractivity contribution in [3.63, 3.8) is 0 Å². The van der Waals surface area contributed by atoms with Crippen LogP contribution >= 0.6 is 0 Å². The van der Waals surface area contributed by atoms with Crippen LogP contribution in [0.15, 0.2) is 84.9 Å². The van der Waals surface area contributed by atoms with Gasteiger partial charge in [0, 0.05) is 56.2 Å². The zero-order chi connectivity index (χ0) is 33.3. The topological polar surface area (TPSA) is 94.2 Å². The zero-order valence-electron chi connectivity index (χ0n) is 27.7. The quantitative estimate of drug-likeness (QED) is 0.161. The summed E-state index contributed by atoms with van der Waals surface area (Å²) in [6.07, 6.45) is 0.924. The summed E-state index contributed by atoms with van der Waals surface area (Å²) in [7, 11) is 2.18. The third kappa shape index (κ3) is 6.37. The molecule has 49 heavy (non-hydrogen) atoms. The van der Waals surface area contributed by atoms with E-state index in [1.807, 2.05) is 6.07 Å². The van der Waals surface area contributed by atoms with E-state index in [-0.39, 0.29) is 25.0 Å². The van der Waals surface area contributed by atoms with Gasteiger partial charge in [-0.3, -0.25) is 14.5 Å². The molecule has 1 fully saturated rings. The predicted octanol–water partition coefficient (Wildman–Crippen LogP) is 5.24. The van der Waals surface area contributed by atoms with E-state index >= 15 is 0 Å². The Hall–Kier alpha value is -5.19. The number of aromatic amines is 1. The number of rotatable bonds is 10. The molecule has 0 atom stereocenters. The Morgan fingerprint density at radius 2 is 1.53 bits per heavy atom. The van der Waals surface area contributed by atoms with Crippen LogP contribution in [0.5, 0.6) is 5.75 Å². The Morgan fingerprint density at radius 1 is 0.735 bits per heavy atom. The molecular weight excluding hydrogens is 616 g/mol. The van der Waals surface area contributed by atoms with Crippen molar-refractivity contribution in [3.05, 3.63) is 107 Å². The maximum atomic E-state index is 12.5. The van der Waals surface area contributed by atoms with Crippen molar-refractivity contribution >= 4 is 34.2 Å². The maximum absolute atomic E-state index is 12.5. The minimum Gasteiger partial charge on any atom is -0.491 e. The highest BCUT2D eigenvalue weighted by Crippen LogP contribution is 2.31. The highest BCUT2D eigenvalue weighted by atomic mass is 16.5. The molecule has 0 spiro atoms. The Labute approximate surface area is 285 Å². The summed E-state index contributed by atoms with van der Waals surface area (Å²) in [5.41, 5.74) is 9.05. The maximum Gasteiger partial charge on any atom is 0.261 e. The van der Waals surface area contributed by atoms with Gasteiger partial charge in [-0.25, -0.2) is 4.98 Å². The highest BCUT2D eigenvalue weighted by molar-refractivity contribution is 6.21. The monoisotopic (exact) mass is 656 g/mol. The van der Waals surface area contributed by atoms with E-state index in [2.05, 4.69) is 81.3 Å². The van der Waals surface area contributed by atoms with Gasteiger partial charge in [-0.2, -0.15) is 0 Å². The van der Waals surface area contributed by atoms with Gasteiger partial charge in [-0.05, 0) is 79.2 Å². The zero-order valence-corrected chi connectivity index (χ0v) is 27.7. The van der Waals surface area contributed by atoms with Gasteiger partial charge in [0.1, 0.15) is 18.2 Å². The number of hydrogen-bond donors (Lipinski definition) is 1. The first-order valence-corrected chi connectivity index (χ1v) is 17.1. The minimum atomic E-state index is -0.262. The summed E-state index contributed by atoms with van der Waals surface area (Å²) in [4.78, 5) is 42.0. The number of fused-ring (bicyclic) bond motifs is 3. The molecule has 0 radical (unpaired) electrons. The van der Waals surface area contributed by atoms with Crippen molar-refractivity contribution in [2.45, 2.75) is 13.0 Å². The lowest BCUT2D eigenvalue weighted by Crippen LogP contribution is -2.44. The van der Waals surface area contributed by atoms with E-state index in [4.69, 9.17) is 14.5 Å². The molecule has 8 rings (SSSR count). The molecule has 4 aromatic carbocycles. The van der Waals surface area contributed by atoms with E-state index in [1.54, 1.807) is 24.3 Å². The average molecular weight is 657 g/mol. The second-order valence-electron chi connectivity index (χ2n) is 13.0. The lowest BCUT2D eigenvalue weighted by Gasteiger charge is -2.34. The van der Waals surface area contributed by atoms with Crippen LogP contribution in [0.25, 0.3) is 22.4 Å². The van der Waals surface area contributed by atoms with Crippen LogP contribution in [0.2, 0.25) is 0 Å². The van der Waals surface area contributed by atoms with Gasteiger partial charge in [-0.1, -0.05) is 30.3 Å². The molecule has 250 valence electrons. The largest absolute Gasteiger partial charge is 0.491 e. The lowest BCUT2D eigenvalue weighted by atomic mass is 9.98. The van der Waals surface area contributed by atoms with Gasteiger partial charge >= 0.3 is 0 Å². The molecule has 10 heteroatoms. The van der Waals surface area contributed by atoms with Crippen molar-refractivity contribution in [1.82, 2.24) is 19.8 Å². The summed E-state index contributed by atoms with van der Waals surface area (Å²) < 4.78 is 11.7. The Kier molecular flexibility index (Phi) is 8.49. The number of nitrogens with one attached hydrogen (secondary N) is 1. The number of anilines is 2. The molecule has 3 aliphatic rings. The molecule has 0 aliphatic carbocycles. The molecule has 0 bridgehead atoms. The highest BCUT2D eigenvalue weighted by Gasteiger charge is 2.34. The van der Waals surface area contributed by atoms with Crippen molar-refractivity contribution in [2.75, 3.05) is 75.9 Å². The van der Waals surface area contributed by atoms with Crippen LogP contribution in [0.1, 0.15) is 31.8 Å². The van der Waals surface area contributed by atoms with Crippen LogP contribution < -0.4 is 14.5 Å². The van der Waals surface area contributed by atoms with Crippen molar-refractivity contribution < 1.29 is 19.1 Å². The van der Waals surface area contributed by atoms with E-state index in [9.17, 15) is 9.59 Å². The summed E-state index contributed by atoms with van der Waals surface area (Å²) in [6, 6.07) is 28.4. The molecule has 0 saturated carbocycles. The van der Waals surface area contributed by atoms with Crippen LogP contribution in [-0.4, -0.2) is 97.7 Å². The number of benzene rings is 4. The number of H-pyrrole nitrogens is 1. The second kappa shape index (κ2) is 13.4. The van der Waals surface area contributed by atoms with E-state index in [0.29, 0.717) is 24.3 Å². The SMILES string of the molecule is CN1CCN(c2ccc3nc(-c4cccc(N5CCc6cc(OCCOCCN7C(=O)c8ccccc8C7=O)ccc6C5)c4)[nH]c3c2)CC1. The number of carbonyl (C=O) groups is 2.